The second-order valence-corrected chi connectivity index (χ2v) is 5.17. The molecule has 0 aliphatic rings. The van der Waals surface area contributed by atoms with E-state index in [1.807, 2.05) is 20.8 Å². The summed E-state index contributed by atoms with van der Waals surface area (Å²) in [6, 6.07) is 5.26. The maximum atomic E-state index is 14.3. The summed E-state index contributed by atoms with van der Waals surface area (Å²) < 4.78 is 24.7. The number of methoxy groups -OCH3 is 2. The first-order valence-electron chi connectivity index (χ1n) is 5.99. The predicted molar refractivity (Wildman–Crippen MR) is 71.2 cm³/mol. The largest absolute Gasteiger partial charge is 0.496 e. The Labute approximate surface area is 108 Å². The van der Waals surface area contributed by atoms with Crippen LogP contribution in [0.2, 0.25) is 0 Å². The van der Waals surface area contributed by atoms with Crippen LogP contribution < -0.4 is 14.8 Å². The Morgan fingerprint density at radius 3 is 2.06 bits per heavy atom. The first-order valence-corrected chi connectivity index (χ1v) is 5.99. The zero-order valence-corrected chi connectivity index (χ0v) is 11.7. The van der Waals surface area contributed by atoms with Crippen LogP contribution in [0, 0.1) is 0 Å². The van der Waals surface area contributed by atoms with Crippen molar-refractivity contribution < 1.29 is 13.9 Å². The Bertz CT molecular complexity index is 366. The van der Waals surface area contributed by atoms with Crippen molar-refractivity contribution in [1.29, 1.82) is 0 Å². The number of rotatable bonds is 5. The number of hydrogen-bond donors (Lipinski definition) is 1. The lowest BCUT2D eigenvalue weighted by Gasteiger charge is -2.23. The third-order valence-electron chi connectivity index (χ3n) is 2.59. The highest BCUT2D eigenvalue weighted by molar-refractivity contribution is 5.46. The number of hydrogen-bond acceptors (Lipinski definition) is 3. The molecule has 102 valence electrons. The topological polar surface area (TPSA) is 30.5 Å². The molecule has 0 aromatic heterocycles. The molecule has 4 heteroatoms. The number of benzene rings is 1. The third-order valence-corrected chi connectivity index (χ3v) is 2.59. The third kappa shape index (κ3) is 3.88. The number of halogens is 1. The molecule has 0 spiro atoms. The van der Waals surface area contributed by atoms with E-state index in [1.165, 1.54) is 14.2 Å². The van der Waals surface area contributed by atoms with Gasteiger partial charge in [-0.1, -0.05) is 6.07 Å². The summed E-state index contributed by atoms with van der Waals surface area (Å²) in [6.07, 6.45) is -1.17. The molecule has 1 unspecified atom stereocenters. The average Bonchev–Trinajstić information content (AvgIpc) is 2.33. The second kappa shape index (κ2) is 6.05. The van der Waals surface area contributed by atoms with Gasteiger partial charge in [-0.05, 0) is 32.9 Å². The Kier molecular flexibility index (Phi) is 4.96. The lowest BCUT2D eigenvalue weighted by molar-refractivity contribution is 0.272. The highest BCUT2D eigenvalue weighted by Gasteiger charge is 2.22. The molecule has 0 saturated carbocycles. The second-order valence-electron chi connectivity index (χ2n) is 5.17. The van der Waals surface area contributed by atoms with Crippen molar-refractivity contribution in [3.63, 3.8) is 0 Å². The molecule has 3 nitrogen and oxygen atoms in total. The summed E-state index contributed by atoms with van der Waals surface area (Å²) >= 11 is 0. The fourth-order valence-corrected chi connectivity index (χ4v) is 1.69. The van der Waals surface area contributed by atoms with Gasteiger partial charge in [-0.25, -0.2) is 4.39 Å². The summed E-state index contributed by atoms with van der Waals surface area (Å²) in [5, 5.41) is 3.14. The summed E-state index contributed by atoms with van der Waals surface area (Å²) in [5.74, 6) is 1.02. The van der Waals surface area contributed by atoms with Gasteiger partial charge in [-0.3, -0.25) is 0 Å². The molecule has 0 saturated heterocycles. The van der Waals surface area contributed by atoms with Crippen LogP contribution >= 0.6 is 0 Å². The minimum absolute atomic E-state index is 0.125. The molecule has 0 aliphatic heterocycles. The van der Waals surface area contributed by atoms with E-state index < -0.39 is 6.17 Å². The molecular formula is C14H22FNO2. The lowest BCUT2D eigenvalue weighted by Crippen LogP contribution is -2.38. The predicted octanol–water partition coefficient (Wildman–Crippen LogP) is 3.10. The number of ether oxygens (including phenoxy) is 2. The Hall–Kier alpha value is -1.29. The molecule has 0 heterocycles. The van der Waals surface area contributed by atoms with Gasteiger partial charge < -0.3 is 14.8 Å². The van der Waals surface area contributed by atoms with E-state index in [4.69, 9.17) is 9.47 Å². The van der Waals surface area contributed by atoms with E-state index in [-0.39, 0.29) is 12.1 Å². The molecule has 0 bridgehead atoms. The summed E-state index contributed by atoms with van der Waals surface area (Å²) in [5.41, 5.74) is 0.332. The van der Waals surface area contributed by atoms with E-state index in [0.717, 1.165) is 0 Å². The zero-order chi connectivity index (χ0) is 13.8. The highest BCUT2D eigenvalue weighted by atomic mass is 19.1. The Morgan fingerprint density at radius 1 is 1.17 bits per heavy atom. The minimum Gasteiger partial charge on any atom is -0.496 e. The van der Waals surface area contributed by atoms with Crippen molar-refractivity contribution in [2.24, 2.45) is 0 Å². The monoisotopic (exact) mass is 255 g/mol. The summed E-state index contributed by atoms with van der Waals surface area (Å²) in [4.78, 5) is 0. The van der Waals surface area contributed by atoms with Gasteiger partial charge >= 0.3 is 0 Å². The van der Waals surface area contributed by atoms with E-state index in [1.54, 1.807) is 18.2 Å². The Balaban J connectivity index is 2.92. The van der Waals surface area contributed by atoms with E-state index in [2.05, 4.69) is 5.32 Å². The molecule has 1 aromatic rings. The van der Waals surface area contributed by atoms with Crippen molar-refractivity contribution in [2.45, 2.75) is 32.5 Å². The van der Waals surface area contributed by atoms with Crippen LogP contribution in [0.1, 0.15) is 32.5 Å². The molecule has 0 aliphatic carbocycles. The van der Waals surface area contributed by atoms with Crippen LogP contribution in [0.4, 0.5) is 4.39 Å². The number of alkyl halides is 1. The molecule has 0 amide bonds. The van der Waals surface area contributed by atoms with Crippen LogP contribution in [-0.4, -0.2) is 26.3 Å². The van der Waals surface area contributed by atoms with Crippen molar-refractivity contribution in [2.75, 3.05) is 20.8 Å². The first-order chi connectivity index (χ1) is 8.39. The van der Waals surface area contributed by atoms with Gasteiger partial charge in [-0.2, -0.15) is 0 Å². The van der Waals surface area contributed by atoms with E-state index in [9.17, 15) is 4.39 Å². The van der Waals surface area contributed by atoms with Crippen molar-refractivity contribution in [1.82, 2.24) is 5.32 Å². The summed E-state index contributed by atoms with van der Waals surface area (Å²) in [6.45, 7) is 6.22. The van der Waals surface area contributed by atoms with E-state index in [0.29, 0.717) is 17.1 Å². The van der Waals surface area contributed by atoms with Gasteiger partial charge in [0.25, 0.3) is 0 Å². The van der Waals surface area contributed by atoms with Crippen LogP contribution in [-0.2, 0) is 0 Å². The quantitative estimate of drug-likeness (QED) is 0.877. The highest BCUT2D eigenvalue weighted by Crippen LogP contribution is 2.35. The standard InChI is InChI=1S/C14H22FNO2/c1-14(2,3)16-9-10(15)13-11(17-4)7-6-8-12(13)18-5/h6-8,10,16H,9H2,1-5H3. The maximum Gasteiger partial charge on any atom is 0.145 e. The lowest BCUT2D eigenvalue weighted by atomic mass is 10.1. The van der Waals surface area contributed by atoms with Crippen LogP contribution in [0.5, 0.6) is 11.5 Å². The number of nitrogens with one attached hydrogen (secondary N) is 1. The fourth-order valence-electron chi connectivity index (χ4n) is 1.69. The van der Waals surface area contributed by atoms with Gasteiger partial charge in [0, 0.05) is 12.1 Å². The molecule has 18 heavy (non-hydrogen) atoms. The molecule has 1 N–H and O–H groups in total. The van der Waals surface area contributed by atoms with Crippen molar-refractivity contribution in [3.05, 3.63) is 23.8 Å². The van der Waals surface area contributed by atoms with E-state index >= 15 is 0 Å². The molecule has 0 radical (unpaired) electrons. The maximum absolute atomic E-state index is 14.3. The molecule has 1 atom stereocenters. The van der Waals surface area contributed by atoms with Crippen LogP contribution in [0.15, 0.2) is 18.2 Å². The van der Waals surface area contributed by atoms with Crippen LogP contribution in [0.3, 0.4) is 0 Å². The fraction of sp³-hybridized carbons (Fsp3) is 0.571. The summed E-state index contributed by atoms with van der Waals surface area (Å²) in [7, 11) is 3.06. The van der Waals surface area contributed by atoms with Gasteiger partial charge in [0.15, 0.2) is 0 Å². The SMILES string of the molecule is COc1cccc(OC)c1C(F)CNC(C)(C)C. The molecule has 1 rings (SSSR count). The average molecular weight is 255 g/mol. The van der Waals surface area contributed by atoms with Gasteiger partial charge in [-0.15, -0.1) is 0 Å². The van der Waals surface area contributed by atoms with Gasteiger partial charge in [0.2, 0.25) is 0 Å². The molecular weight excluding hydrogens is 233 g/mol. The molecule has 1 aromatic carbocycles. The Morgan fingerprint density at radius 2 is 1.67 bits per heavy atom. The zero-order valence-electron chi connectivity index (χ0n) is 11.7. The van der Waals surface area contributed by atoms with Gasteiger partial charge in [0.05, 0.1) is 19.8 Å². The smallest absolute Gasteiger partial charge is 0.145 e. The normalized spacial score (nSPS) is 13.2. The minimum atomic E-state index is -1.17. The van der Waals surface area contributed by atoms with Crippen molar-refractivity contribution >= 4 is 0 Å². The van der Waals surface area contributed by atoms with Crippen molar-refractivity contribution in [3.8, 4) is 11.5 Å². The first kappa shape index (κ1) is 14.8. The van der Waals surface area contributed by atoms with Gasteiger partial charge in [0.1, 0.15) is 17.7 Å². The molecule has 0 fully saturated rings. The van der Waals surface area contributed by atoms with Crippen LogP contribution in [0.25, 0.3) is 0 Å².